The number of fused-ring (bicyclic) bond motifs is 1. The Morgan fingerprint density at radius 3 is 2.67 bits per heavy atom. The van der Waals surface area contributed by atoms with Gasteiger partial charge in [0.25, 0.3) is 0 Å². The zero-order chi connectivity index (χ0) is 12.6. The molecule has 0 spiro atoms. The van der Waals surface area contributed by atoms with Gasteiger partial charge >= 0.3 is 0 Å². The number of aromatic amines is 1. The molecule has 0 radical (unpaired) electrons. The monoisotopic (exact) mass is 265 g/mol. The number of benzene rings is 1. The van der Waals surface area contributed by atoms with E-state index in [4.69, 9.17) is 4.74 Å². The molecular weight excluding hydrogens is 250 g/mol. The summed E-state index contributed by atoms with van der Waals surface area (Å²) in [6.45, 7) is 1.07. The number of nitrogens with one attached hydrogen (secondary N) is 1. The average Bonchev–Trinajstić information content (AvgIpc) is 2.84. The van der Waals surface area contributed by atoms with Crippen LogP contribution in [0, 0.1) is 0 Å². The highest BCUT2D eigenvalue weighted by Crippen LogP contribution is 2.29. The quantitative estimate of drug-likeness (QED) is 0.904. The number of hydrogen-bond donors (Lipinski definition) is 1. The summed E-state index contributed by atoms with van der Waals surface area (Å²) in [6, 6.07) is 7.49. The van der Waals surface area contributed by atoms with Gasteiger partial charge in [0.2, 0.25) is 0 Å². The van der Waals surface area contributed by atoms with Gasteiger partial charge in [0.1, 0.15) is 0 Å². The lowest BCUT2D eigenvalue weighted by Crippen LogP contribution is -2.28. The maximum Gasteiger partial charge on any atom is 0.183 e. The Morgan fingerprint density at radius 2 is 1.89 bits per heavy atom. The molecule has 1 aromatic heterocycles. The predicted octanol–water partition coefficient (Wildman–Crippen LogP) is 2.12. The summed E-state index contributed by atoms with van der Waals surface area (Å²) in [6.07, 6.45) is 2.78. The van der Waals surface area contributed by atoms with Gasteiger partial charge in [-0.25, -0.2) is 8.42 Å². The van der Waals surface area contributed by atoms with Gasteiger partial charge in [0.05, 0.1) is 10.1 Å². The second kappa shape index (κ2) is 4.40. The molecule has 3 rings (SSSR count). The molecule has 2 aromatic rings. The Kier molecular flexibility index (Phi) is 2.87. The van der Waals surface area contributed by atoms with Crippen LogP contribution in [0.4, 0.5) is 0 Å². The van der Waals surface area contributed by atoms with Crippen LogP contribution < -0.4 is 0 Å². The minimum Gasteiger partial charge on any atom is -0.381 e. The molecule has 0 saturated carbocycles. The SMILES string of the molecule is O=S(=O)(c1c[nH]c2ccccc12)C1CCOCC1. The van der Waals surface area contributed by atoms with E-state index in [2.05, 4.69) is 4.98 Å². The van der Waals surface area contributed by atoms with Gasteiger partial charge in [-0.3, -0.25) is 0 Å². The van der Waals surface area contributed by atoms with Crippen molar-refractivity contribution in [1.29, 1.82) is 0 Å². The van der Waals surface area contributed by atoms with Crippen molar-refractivity contribution in [3.05, 3.63) is 30.5 Å². The summed E-state index contributed by atoms with van der Waals surface area (Å²) in [5.74, 6) is 0. The lowest BCUT2D eigenvalue weighted by molar-refractivity contribution is 0.0983. The molecule has 18 heavy (non-hydrogen) atoms. The number of ether oxygens (including phenoxy) is 1. The number of aromatic nitrogens is 1. The fourth-order valence-electron chi connectivity index (χ4n) is 2.45. The van der Waals surface area contributed by atoms with Crippen LogP contribution in [0.1, 0.15) is 12.8 Å². The molecular formula is C13H15NO3S. The van der Waals surface area contributed by atoms with Gasteiger partial charge in [-0.1, -0.05) is 18.2 Å². The summed E-state index contributed by atoms with van der Waals surface area (Å²) >= 11 is 0. The van der Waals surface area contributed by atoms with E-state index in [9.17, 15) is 8.42 Å². The molecule has 4 nitrogen and oxygen atoms in total. The van der Waals surface area contributed by atoms with Gasteiger partial charge in [0, 0.05) is 30.3 Å². The molecule has 1 aliphatic heterocycles. The number of rotatable bonds is 2. The second-order valence-corrected chi connectivity index (χ2v) is 6.75. The maximum absolute atomic E-state index is 12.6. The van der Waals surface area contributed by atoms with Crippen LogP contribution in [0.25, 0.3) is 10.9 Å². The fourth-order valence-corrected chi connectivity index (χ4v) is 4.33. The highest BCUT2D eigenvalue weighted by atomic mass is 32.2. The van der Waals surface area contributed by atoms with Crippen molar-refractivity contribution < 1.29 is 13.2 Å². The third-order valence-electron chi connectivity index (χ3n) is 3.46. The minimum absolute atomic E-state index is 0.314. The van der Waals surface area contributed by atoms with Crippen molar-refractivity contribution >= 4 is 20.7 Å². The topological polar surface area (TPSA) is 59.2 Å². The van der Waals surface area contributed by atoms with Crippen molar-refractivity contribution in [2.75, 3.05) is 13.2 Å². The van der Waals surface area contributed by atoms with Crippen LogP contribution in [-0.2, 0) is 14.6 Å². The van der Waals surface area contributed by atoms with Crippen LogP contribution in [0.15, 0.2) is 35.4 Å². The van der Waals surface area contributed by atoms with Crippen LogP contribution in [0.2, 0.25) is 0 Å². The highest BCUT2D eigenvalue weighted by molar-refractivity contribution is 7.92. The predicted molar refractivity (Wildman–Crippen MR) is 69.3 cm³/mol. The van der Waals surface area contributed by atoms with E-state index in [1.54, 1.807) is 6.20 Å². The number of H-pyrrole nitrogens is 1. The summed E-state index contributed by atoms with van der Waals surface area (Å²) in [5.41, 5.74) is 0.864. The normalized spacial score (nSPS) is 18.2. The third kappa shape index (κ3) is 1.83. The summed E-state index contributed by atoms with van der Waals surface area (Å²) in [7, 11) is -3.26. The van der Waals surface area contributed by atoms with Gasteiger partial charge in [-0.2, -0.15) is 0 Å². The molecule has 1 fully saturated rings. The second-order valence-electron chi connectivity index (χ2n) is 4.56. The first-order chi connectivity index (χ1) is 8.69. The van der Waals surface area contributed by atoms with Gasteiger partial charge < -0.3 is 9.72 Å². The first-order valence-electron chi connectivity index (χ1n) is 6.07. The standard InChI is InChI=1S/C13H15NO3S/c15-18(16,10-5-7-17-8-6-10)13-9-14-12-4-2-1-3-11(12)13/h1-4,9-10,14H,5-8H2. The molecule has 1 aromatic carbocycles. The van der Waals surface area contributed by atoms with E-state index in [1.807, 2.05) is 24.3 Å². The molecule has 2 heterocycles. The Bertz CT molecular complexity index is 654. The first-order valence-corrected chi connectivity index (χ1v) is 7.62. The van der Waals surface area contributed by atoms with E-state index in [-0.39, 0.29) is 5.25 Å². The fraction of sp³-hybridized carbons (Fsp3) is 0.385. The van der Waals surface area contributed by atoms with Crippen molar-refractivity contribution in [2.45, 2.75) is 23.0 Å². The molecule has 0 bridgehead atoms. The summed E-state index contributed by atoms with van der Waals surface area (Å²) in [4.78, 5) is 3.44. The molecule has 96 valence electrons. The largest absolute Gasteiger partial charge is 0.381 e. The van der Waals surface area contributed by atoms with Crippen LogP contribution >= 0.6 is 0 Å². The molecule has 1 saturated heterocycles. The molecule has 5 heteroatoms. The first kappa shape index (κ1) is 11.7. The summed E-state index contributed by atoms with van der Waals surface area (Å²) < 4.78 is 30.4. The van der Waals surface area contributed by atoms with E-state index in [1.165, 1.54) is 0 Å². The molecule has 0 amide bonds. The Balaban J connectivity index is 2.07. The van der Waals surface area contributed by atoms with Gasteiger partial charge in [-0.05, 0) is 18.9 Å². The molecule has 1 N–H and O–H groups in total. The van der Waals surface area contributed by atoms with Crippen LogP contribution in [-0.4, -0.2) is 31.9 Å². The van der Waals surface area contributed by atoms with Crippen molar-refractivity contribution in [1.82, 2.24) is 4.98 Å². The Labute approximate surface area is 106 Å². The number of para-hydroxylation sites is 1. The van der Waals surface area contributed by atoms with Crippen LogP contribution in [0.5, 0.6) is 0 Å². The summed E-state index contributed by atoms with van der Waals surface area (Å²) in [5, 5.41) is 0.467. The minimum atomic E-state index is -3.26. The average molecular weight is 265 g/mol. The van der Waals surface area contributed by atoms with E-state index in [0.717, 1.165) is 10.9 Å². The van der Waals surface area contributed by atoms with Crippen molar-refractivity contribution in [3.8, 4) is 0 Å². The highest BCUT2D eigenvalue weighted by Gasteiger charge is 2.31. The zero-order valence-corrected chi connectivity index (χ0v) is 10.7. The molecule has 0 unspecified atom stereocenters. The smallest absolute Gasteiger partial charge is 0.183 e. The van der Waals surface area contributed by atoms with E-state index >= 15 is 0 Å². The van der Waals surface area contributed by atoms with Crippen molar-refractivity contribution in [3.63, 3.8) is 0 Å². The van der Waals surface area contributed by atoms with Crippen molar-refractivity contribution in [2.24, 2.45) is 0 Å². The molecule has 0 aliphatic carbocycles. The number of hydrogen-bond acceptors (Lipinski definition) is 3. The Morgan fingerprint density at radius 1 is 1.17 bits per heavy atom. The lowest BCUT2D eigenvalue weighted by Gasteiger charge is -2.21. The zero-order valence-electron chi connectivity index (χ0n) is 9.93. The maximum atomic E-state index is 12.6. The number of sulfone groups is 1. The molecule has 1 aliphatic rings. The lowest BCUT2D eigenvalue weighted by atomic mass is 10.2. The van der Waals surface area contributed by atoms with E-state index < -0.39 is 9.84 Å². The van der Waals surface area contributed by atoms with Gasteiger partial charge in [0.15, 0.2) is 9.84 Å². The Hall–Kier alpha value is -1.33. The van der Waals surface area contributed by atoms with Crippen LogP contribution in [0.3, 0.4) is 0 Å². The molecule has 0 atom stereocenters. The van der Waals surface area contributed by atoms with E-state index in [0.29, 0.717) is 31.0 Å². The third-order valence-corrected chi connectivity index (χ3v) is 5.76. The van der Waals surface area contributed by atoms with Gasteiger partial charge in [-0.15, -0.1) is 0 Å².